The molecule has 4 unspecified atom stereocenters. The van der Waals surface area contributed by atoms with Crippen molar-refractivity contribution >= 4 is 28.8 Å². The van der Waals surface area contributed by atoms with Gasteiger partial charge in [-0.05, 0) is 50.3 Å². The van der Waals surface area contributed by atoms with Crippen molar-refractivity contribution in [2.24, 2.45) is 11.8 Å². The van der Waals surface area contributed by atoms with Crippen molar-refractivity contribution in [2.75, 3.05) is 6.54 Å². The lowest BCUT2D eigenvalue weighted by Crippen LogP contribution is -2.44. The van der Waals surface area contributed by atoms with Gasteiger partial charge in [0.15, 0.2) is 0 Å². The van der Waals surface area contributed by atoms with E-state index in [1.807, 2.05) is 19.1 Å². The molecular formula is C14H19ClN2OS. The normalized spacial score (nSPS) is 31.2. The highest BCUT2D eigenvalue weighted by atomic mass is 35.5. The van der Waals surface area contributed by atoms with Crippen LogP contribution in [0.4, 0.5) is 0 Å². The summed E-state index contributed by atoms with van der Waals surface area (Å²) < 4.78 is 0.769. The summed E-state index contributed by atoms with van der Waals surface area (Å²) in [6.07, 6.45) is 3.74. The number of hydrogen-bond acceptors (Lipinski definition) is 3. The molecule has 0 spiro atoms. The lowest BCUT2D eigenvalue weighted by atomic mass is 9.93. The summed E-state index contributed by atoms with van der Waals surface area (Å²) in [4.78, 5) is 13.5. The number of nitrogens with one attached hydrogen (secondary N) is 2. The topological polar surface area (TPSA) is 41.1 Å². The number of carbonyl (C=O) groups excluding carboxylic acids is 1. The molecule has 1 aliphatic carbocycles. The number of amides is 1. The summed E-state index contributed by atoms with van der Waals surface area (Å²) >= 11 is 7.46. The van der Waals surface area contributed by atoms with Crippen LogP contribution in [0, 0.1) is 11.8 Å². The predicted octanol–water partition coefficient (Wildman–Crippen LogP) is 2.97. The maximum Gasteiger partial charge on any atom is 0.237 e. The van der Waals surface area contributed by atoms with Crippen LogP contribution in [0.2, 0.25) is 4.34 Å². The van der Waals surface area contributed by atoms with E-state index in [1.54, 1.807) is 0 Å². The summed E-state index contributed by atoms with van der Waals surface area (Å²) in [5, 5.41) is 6.50. The van der Waals surface area contributed by atoms with E-state index in [1.165, 1.54) is 30.6 Å². The second kappa shape index (κ2) is 5.43. The van der Waals surface area contributed by atoms with Gasteiger partial charge in [0.05, 0.1) is 16.4 Å². The molecule has 1 aromatic heterocycles. The molecule has 1 amide bonds. The largest absolute Gasteiger partial charge is 0.347 e. The third kappa shape index (κ3) is 2.67. The van der Waals surface area contributed by atoms with E-state index in [2.05, 4.69) is 10.6 Å². The molecule has 0 aromatic carbocycles. The molecule has 3 rings (SSSR count). The fourth-order valence-electron chi connectivity index (χ4n) is 3.41. The molecule has 4 atom stereocenters. The number of hydrogen-bond donors (Lipinski definition) is 2. The highest BCUT2D eigenvalue weighted by molar-refractivity contribution is 7.16. The van der Waals surface area contributed by atoms with Crippen LogP contribution in [-0.4, -0.2) is 18.5 Å². The van der Waals surface area contributed by atoms with Crippen molar-refractivity contribution < 1.29 is 4.79 Å². The summed E-state index contributed by atoms with van der Waals surface area (Å²) in [7, 11) is 0. The maximum atomic E-state index is 12.4. The van der Waals surface area contributed by atoms with Crippen LogP contribution >= 0.6 is 22.9 Å². The van der Waals surface area contributed by atoms with Gasteiger partial charge in [0.25, 0.3) is 0 Å². The summed E-state index contributed by atoms with van der Waals surface area (Å²) in [6.45, 7) is 3.02. The van der Waals surface area contributed by atoms with Crippen LogP contribution in [0.15, 0.2) is 12.1 Å². The van der Waals surface area contributed by atoms with Gasteiger partial charge >= 0.3 is 0 Å². The van der Waals surface area contributed by atoms with Gasteiger partial charge in [-0.15, -0.1) is 11.3 Å². The first-order chi connectivity index (χ1) is 9.15. The van der Waals surface area contributed by atoms with E-state index in [-0.39, 0.29) is 18.0 Å². The van der Waals surface area contributed by atoms with Gasteiger partial charge in [-0.25, -0.2) is 0 Å². The van der Waals surface area contributed by atoms with Crippen LogP contribution in [0.1, 0.15) is 37.1 Å². The van der Waals surface area contributed by atoms with Crippen molar-refractivity contribution in [1.29, 1.82) is 0 Å². The Kier molecular flexibility index (Phi) is 3.83. The van der Waals surface area contributed by atoms with Crippen LogP contribution in [0.5, 0.6) is 0 Å². The van der Waals surface area contributed by atoms with E-state index in [0.717, 1.165) is 15.8 Å². The minimum Gasteiger partial charge on any atom is -0.347 e. The first-order valence-corrected chi connectivity index (χ1v) is 8.13. The Morgan fingerprint density at radius 1 is 1.53 bits per heavy atom. The Morgan fingerprint density at radius 3 is 3.11 bits per heavy atom. The Morgan fingerprint density at radius 2 is 2.37 bits per heavy atom. The number of thiophene rings is 1. The molecule has 0 bridgehead atoms. The lowest BCUT2D eigenvalue weighted by Gasteiger charge is -2.20. The average molecular weight is 299 g/mol. The average Bonchev–Trinajstić information content (AvgIpc) is 3.02. The number of carbonyl (C=O) groups is 1. The minimum absolute atomic E-state index is 0.00499. The van der Waals surface area contributed by atoms with Crippen molar-refractivity contribution in [3.63, 3.8) is 0 Å². The Bertz CT molecular complexity index is 476. The molecule has 5 heteroatoms. The first kappa shape index (κ1) is 13.4. The van der Waals surface area contributed by atoms with Gasteiger partial charge in [-0.1, -0.05) is 18.0 Å². The number of rotatable bonds is 3. The van der Waals surface area contributed by atoms with E-state index in [0.29, 0.717) is 11.8 Å². The third-order valence-corrected chi connectivity index (χ3v) is 5.82. The molecular weight excluding hydrogens is 280 g/mol. The molecule has 104 valence electrons. The molecule has 0 radical (unpaired) electrons. The molecule has 1 aliphatic heterocycles. The van der Waals surface area contributed by atoms with Crippen molar-refractivity contribution in [3.05, 3.63) is 21.3 Å². The number of fused-ring (bicyclic) bond motifs is 1. The fourth-order valence-corrected chi connectivity index (χ4v) is 4.47. The lowest BCUT2D eigenvalue weighted by molar-refractivity contribution is -0.124. The molecule has 1 saturated heterocycles. The van der Waals surface area contributed by atoms with Crippen LogP contribution in [-0.2, 0) is 4.79 Å². The quantitative estimate of drug-likeness (QED) is 0.901. The molecule has 2 heterocycles. The predicted molar refractivity (Wildman–Crippen MR) is 78.5 cm³/mol. The molecule has 19 heavy (non-hydrogen) atoms. The zero-order valence-corrected chi connectivity index (χ0v) is 12.6. The highest BCUT2D eigenvalue weighted by Crippen LogP contribution is 2.38. The zero-order chi connectivity index (χ0) is 13.4. The SMILES string of the molecule is CC(NC(=O)C1NCC2CCCC21)c1ccc(Cl)s1. The number of halogens is 1. The van der Waals surface area contributed by atoms with E-state index >= 15 is 0 Å². The maximum absolute atomic E-state index is 12.4. The Labute approximate surface area is 122 Å². The molecule has 1 aromatic rings. The monoisotopic (exact) mass is 298 g/mol. The first-order valence-electron chi connectivity index (χ1n) is 6.94. The van der Waals surface area contributed by atoms with Gasteiger partial charge in [0.2, 0.25) is 5.91 Å². The van der Waals surface area contributed by atoms with Gasteiger partial charge < -0.3 is 10.6 Å². The summed E-state index contributed by atoms with van der Waals surface area (Å²) in [5.74, 6) is 1.40. The third-order valence-electron chi connectivity index (χ3n) is 4.41. The smallest absolute Gasteiger partial charge is 0.237 e. The molecule has 2 aliphatic rings. The molecule has 1 saturated carbocycles. The Hall–Kier alpha value is -0.580. The second-order valence-electron chi connectivity index (χ2n) is 5.61. The minimum atomic E-state index is 0.00499. The Balaban J connectivity index is 1.62. The molecule has 2 fully saturated rings. The summed E-state index contributed by atoms with van der Waals surface area (Å²) in [6, 6.07) is 3.90. The van der Waals surface area contributed by atoms with E-state index < -0.39 is 0 Å². The van der Waals surface area contributed by atoms with Crippen molar-refractivity contribution in [1.82, 2.24) is 10.6 Å². The standard InChI is InChI=1S/C14H19ClN2OS/c1-8(11-5-6-12(15)19-11)17-14(18)13-10-4-2-3-9(10)7-16-13/h5-6,8-10,13,16H,2-4,7H2,1H3,(H,17,18). The van der Waals surface area contributed by atoms with Crippen LogP contribution in [0.25, 0.3) is 0 Å². The van der Waals surface area contributed by atoms with Crippen molar-refractivity contribution in [2.45, 2.75) is 38.3 Å². The molecule has 2 N–H and O–H groups in total. The van der Waals surface area contributed by atoms with E-state index in [4.69, 9.17) is 11.6 Å². The highest BCUT2D eigenvalue weighted by Gasteiger charge is 2.42. The van der Waals surface area contributed by atoms with Gasteiger partial charge in [0, 0.05) is 4.88 Å². The molecule has 3 nitrogen and oxygen atoms in total. The van der Waals surface area contributed by atoms with Crippen molar-refractivity contribution in [3.8, 4) is 0 Å². The second-order valence-corrected chi connectivity index (χ2v) is 7.36. The zero-order valence-electron chi connectivity index (χ0n) is 11.0. The van der Waals surface area contributed by atoms with Gasteiger partial charge in [0.1, 0.15) is 0 Å². The van der Waals surface area contributed by atoms with Crippen LogP contribution < -0.4 is 10.6 Å². The van der Waals surface area contributed by atoms with Gasteiger partial charge in [-0.2, -0.15) is 0 Å². The van der Waals surface area contributed by atoms with Gasteiger partial charge in [-0.3, -0.25) is 4.79 Å². The summed E-state index contributed by atoms with van der Waals surface area (Å²) in [5.41, 5.74) is 0. The fraction of sp³-hybridized carbons (Fsp3) is 0.643. The van der Waals surface area contributed by atoms with Crippen LogP contribution in [0.3, 0.4) is 0 Å². The van der Waals surface area contributed by atoms with E-state index in [9.17, 15) is 4.79 Å².